The zero-order chi connectivity index (χ0) is 14.4. The lowest BCUT2D eigenvalue weighted by atomic mass is 9.70. The Morgan fingerprint density at radius 1 is 1.63 bits per heavy atom. The standard InChI is InChI=1S/C11H21BN2O5/c1-3-7(2)9(12-18-6-13)10(15)14-8(11(16)17)4-5-19-14/h7-9,12H,3-6,13H2,1-2H3,(H,16,17)/t7?,8?,9-/m0/s1. The molecular formula is C11H21BN2O5. The Hall–Kier alpha value is -1.12. The molecule has 2 unspecified atom stereocenters. The summed E-state index contributed by atoms with van der Waals surface area (Å²) < 4.78 is 5.12. The summed E-state index contributed by atoms with van der Waals surface area (Å²) in [7, 11) is 0.177. The monoisotopic (exact) mass is 272 g/mol. The van der Waals surface area contributed by atoms with E-state index in [0.717, 1.165) is 11.5 Å². The molecule has 1 rings (SSSR count). The van der Waals surface area contributed by atoms with E-state index in [4.69, 9.17) is 20.3 Å². The number of nitrogens with two attached hydrogens (primary N) is 1. The van der Waals surface area contributed by atoms with Gasteiger partial charge in [0.2, 0.25) is 5.91 Å². The number of amides is 1. The zero-order valence-corrected chi connectivity index (χ0v) is 11.4. The molecule has 1 aliphatic heterocycles. The Morgan fingerprint density at radius 3 is 2.84 bits per heavy atom. The molecule has 1 heterocycles. The van der Waals surface area contributed by atoms with Crippen LogP contribution < -0.4 is 5.73 Å². The maximum Gasteiger partial charge on any atom is 0.329 e. The predicted molar refractivity (Wildman–Crippen MR) is 69.3 cm³/mol. The highest BCUT2D eigenvalue weighted by atomic mass is 16.7. The highest BCUT2D eigenvalue weighted by molar-refractivity contribution is 6.37. The number of hydroxylamine groups is 2. The van der Waals surface area contributed by atoms with Crippen molar-refractivity contribution < 1.29 is 24.2 Å². The van der Waals surface area contributed by atoms with Crippen LogP contribution in [0, 0.1) is 5.92 Å². The number of hydrogen-bond donors (Lipinski definition) is 2. The zero-order valence-electron chi connectivity index (χ0n) is 11.4. The Bertz CT molecular complexity index is 328. The molecule has 1 amide bonds. The van der Waals surface area contributed by atoms with Gasteiger partial charge in [-0.3, -0.25) is 9.63 Å². The molecule has 0 aromatic rings. The number of hydrogen-bond acceptors (Lipinski definition) is 5. The average Bonchev–Trinajstić information content (AvgIpc) is 2.87. The molecule has 0 radical (unpaired) electrons. The van der Waals surface area contributed by atoms with E-state index in [1.165, 1.54) is 0 Å². The van der Waals surface area contributed by atoms with Crippen molar-refractivity contribution in [1.29, 1.82) is 0 Å². The summed E-state index contributed by atoms with van der Waals surface area (Å²) in [5.41, 5.74) is 5.28. The molecule has 3 N–H and O–H groups in total. The largest absolute Gasteiger partial charge is 0.480 e. The van der Waals surface area contributed by atoms with Crippen molar-refractivity contribution in [2.75, 3.05) is 13.3 Å². The quantitative estimate of drug-likeness (QED) is 0.488. The molecule has 7 nitrogen and oxygen atoms in total. The number of rotatable bonds is 7. The molecule has 0 saturated carbocycles. The average molecular weight is 272 g/mol. The van der Waals surface area contributed by atoms with E-state index >= 15 is 0 Å². The third kappa shape index (κ3) is 3.92. The fraction of sp³-hybridized carbons (Fsp3) is 0.818. The number of carboxylic acid groups (broad SMARTS) is 1. The molecule has 8 heteroatoms. The fourth-order valence-corrected chi connectivity index (χ4v) is 2.03. The summed E-state index contributed by atoms with van der Waals surface area (Å²) >= 11 is 0. The third-order valence-corrected chi connectivity index (χ3v) is 3.47. The van der Waals surface area contributed by atoms with Crippen LogP contribution >= 0.6 is 0 Å². The van der Waals surface area contributed by atoms with Gasteiger partial charge in [-0.15, -0.1) is 0 Å². The minimum atomic E-state index is -1.05. The first kappa shape index (κ1) is 15.9. The van der Waals surface area contributed by atoms with Crippen molar-refractivity contribution in [2.24, 2.45) is 11.7 Å². The van der Waals surface area contributed by atoms with Gasteiger partial charge in [-0.05, 0) is 5.92 Å². The van der Waals surface area contributed by atoms with E-state index in [1.54, 1.807) is 0 Å². The minimum absolute atomic E-state index is 0.0312. The van der Waals surface area contributed by atoms with Gasteiger partial charge in [0.15, 0.2) is 6.04 Å². The number of carboxylic acids is 1. The maximum absolute atomic E-state index is 12.4. The van der Waals surface area contributed by atoms with Crippen LogP contribution in [0.15, 0.2) is 0 Å². The SMILES string of the molecule is CCC(C)[C@H](BOCN)C(=O)N1OCCC1C(=O)O. The van der Waals surface area contributed by atoms with Gasteiger partial charge in [-0.25, -0.2) is 9.86 Å². The number of nitrogens with zero attached hydrogens (tertiary/aromatic N) is 1. The summed E-state index contributed by atoms with van der Waals surface area (Å²) in [5.74, 6) is -1.76. The van der Waals surface area contributed by atoms with Crippen LogP contribution in [0.4, 0.5) is 0 Å². The summed E-state index contributed by atoms with van der Waals surface area (Å²) in [6, 6.07) is -0.906. The first-order chi connectivity index (χ1) is 9.02. The summed E-state index contributed by atoms with van der Waals surface area (Å²) in [6.45, 7) is 4.16. The van der Waals surface area contributed by atoms with Gasteiger partial charge < -0.3 is 15.5 Å². The molecule has 0 bridgehead atoms. The van der Waals surface area contributed by atoms with Gasteiger partial charge in [0, 0.05) is 12.2 Å². The Labute approximate surface area is 113 Å². The number of carbonyl (C=O) groups excluding carboxylic acids is 1. The van der Waals surface area contributed by atoms with Crippen molar-refractivity contribution in [3.05, 3.63) is 0 Å². The fourth-order valence-electron chi connectivity index (χ4n) is 2.03. The van der Waals surface area contributed by atoms with Crippen LogP contribution in [0.1, 0.15) is 26.7 Å². The molecule has 0 spiro atoms. The van der Waals surface area contributed by atoms with E-state index in [9.17, 15) is 9.59 Å². The Morgan fingerprint density at radius 2 is 2.32 bits per heavy atom. The molecule has 0 aliphatic carbocycles. The highest BCUT2D eigenvalue weighted by Gasteiger charge is 2.40. The summed E-state index contributed by atoms with van der Waals surface area (Å²) in [5, 5.41) is 10.0. The Kier molecular flexibility index (Phi) is 6.27. The van der Waals surface area contributed by atoms with Crippen molar-refractivity contribution >= 4 is 19.4 Å². The van der Waals surface area contributed by atoms with Crippen molar-refractivity contribution in [3.63, 3.8) is 0 Å². The van der Waals surface area contributed by atoms with Gasteiger partial charge in [0.25, 0.3) is 7.48 Å². The van der Waals surface area contributed by atoms with Crippen molar-refractivity contribution in [1.82, 2.24) is 5.06 Å². The molecule has 1 fully saturated rings. The Balaban J connectivity index is 2.77. The van der Waals surface area contributed by atoms with E-state index in [2.05, 4.69) is 0 Å². The smallest absolute Gasteiger partial charge is 0.329 e. The summed E-state index contributed by atoms with van der Waals surface area (Å²) in [6.07, 6.45) is 1.10. The lowest BCUT2D eigenvalue weighted by molar-refractivity contribution is -0.184. The normalized spacial score (nSPS) is 22.1. The molecule has 3 atom stereocenters. The van der Waals surface area contributed by atoms with Gasteiger partial charge in [-0.1, -0.05) is 20.3 Å². The van der Waals surface area contributed by atoms with Gasteiger partial charge in [0.1, 0.15) is 0 Å². The first-order valence-electron chi connectivity index (χ1n) is 6.49. The van der Waals surface area contributed by atoms with Crippen LogP contribution in [0.5, 0.6) is 0 Å². The number of aliphatic carboxylic acids is 1. The van der Waals surface area contributed by atoms with Gasteiger partial charge in [-0.2, -0.15) is 0 Å². The van der Waals surface area contributed by atoms with Crippen LogP contribution in [0.25, 0.3) is 0 Å². The summed E-state index contributed by atoms with van der Waals surface area (Å²) in [4.78, 5) is 28.6. The topological polar surface area (TPSA) is 102 Å². The molecule has 0 aromatic carbocycles. The van der Waals surface area contributed by atoms with Gasteiger partial charge >= 0.3 is 5.97 Å². The predicted octanol–water partition coefficient (Wildman–Crippen LogP) is -0.278. The van der Waals surface area contributed by atoms with Crippen LogP contribution in [-0.4, -0.2) is 48.9 Å². The highest BCUT2D eigenvalue weighted by Crippen LogP contribution is 2.27. The van der Waals surface area contributed by atoms with Crippen LogP contribution in [0.2, 0.25) is 5.82 Å². The molecule has 108 valence electrons. The van der Waals surface area contributed by atoms with Crippen LogP contribution in [-0.2, 0) is 19.1 Å². The van der Waals surface area contributed by atoms with Crippen LogP contribution in [0.3, 0.4) is 0 Å². The van der Waals surface area contributed by atoms with Gasteiger partial charge in [0.05, 0.1) is 13.3 Å². The molecule has 1 aliphatic rings. The second kappa shape index (κ2) is 7.47. The second-order valence-electron chi connectivity index (χ2n) is 4.67. The lowest BCUT2D eigenvalue weighted by Crippen LogP contribution is -2.44. The van der Waals surface area contributed by atoms with Crippen molar-refractivity contribution in [3.8, 4) is 0 Å². The van der Waals surface area contributed by atoms with E-state index in [0.29, 0.717) is 6.42 Å². The van der Waals surface area contributed by atoms with E-state index in [-0.39, 0.29) is 32.6 Å². The third-order valence-electron chi connectivity index (χ3n) is 3.47. The van der Waals surface area contributed by atoms with E-state index in [1.807, 2.05) is 13.8 Å². The first-order valence-corrected chi connectivity index (χ1v) is 6.49. The molecule has 1 saturated heterocycles. The number of carbonyl (C=O) groups is 2. The van der Waals surface area contributed by atoms with Crippen molar-refractivity contribution in [2.45, 2.75) is 38.5 Å². The lowest BCUT2D eigenvalue weighted by Gasteiger charge is -2.27. The molecule has 19 heavy (non-hydrogen) atoms. The maximum atomic E-state index is 12.4. The van der Waals surface area contributed by atoms with E-state index < -0.39 is 17.8 Å². The molecule has 0 aromatic heterocycles. The second-order valence-corrected chi connectivity index (χ2v) is 4.67. The minimum Gasteiger partial charge on any atom is -0.480 e. The molecular weight excluding hydrogens is 251 g/mol.